The molecular formula is C16H15FN2OS. The topological polar surface area (TPSA) is 41.1 Å². The molecule has 3 nitrogen and oxygen atoms in total. The summed E-state index contributed by atoms with van der Waals surface area (Å²) in [6, 6.07) is 11.5. The van der Waals surface area contributed by atoms with Crippen LogP contribution < -0.4 is 10.6 Å². The van der Waals surface area contributed by atoms with Crippen LogP contribution in [0.1, 0.15) is 22.8 Å². The zero-order valence-electron chi connectivity index (χ0n) is 11.7. The van der Waals surface area contributed by atoms with Crippen molar-refractivity contribution >= 4 is 34.5 Å². The summed E-state index contributed by atoms with van der Waals surface area (Å²) in [5, 5.41) is 6.43. The second-order valence-electron chi connectivity index (χ2n) is 4.67. The molecular weight excluding hydrogens is 287 g/mol. The average Bonchev–Trinajstić information content (AvgIpc) is 2.42. The van der Waals surface area contributed by atoms with Gasteiger partial charge in [0.05, 0.1) is 0 Å². The van der Waals surface area contributed by atoms with Gasteiger partial charge in [-0.3, -0.25) is 4.79 Å². The van der Waals surface area contributed by atoms with Gasteiger partial charge in [0, 0.05) is 16.9 Å². The summed E-state index contributed by atoms with van der Waals surface area (Å²) >= 11 is 5.21. The number of nitrogens with one attached hydrogen (secondary N) is 2. The maximum Gasteiger partial charge on any atom is 0.175 e. The Morgan fingerprint density at radius 1 is 1.10 bits per heavy atom. The van der Waals surface area contributed by atoms with E-state index in [9.17, 15) is 9.18 Å². The Morgan fingerprint density at radius 2 is 1.76 bits per heavy atom. The second-order valence-corrected chi connectivity index (χ2v) is 5.08. The van der Waals surface area contributed by atoms with Crippen LogP contribution in [-0.4, -0.2) is 10.9 Å². The number of rotatable bonds is 3. The lowest BCUT2D eigenvalue weighted by molar-refractivity contribution is 0.101. The number of Topliss-reactive ketones (excluding diaryl/α,β-unsaturated/α-hetero) is 1. The van der Waals surface area contributed by atoms with Gasteiger partial charge in [-0.05, 0) is 74.1 Å². The Morgan fingerprint density at radius 3 is 2.33 bits per heavy atom. The minimum atomic E-state index is -0.281. The molecule has 2 aromatic rings. The van der Waals surface area contributed by atoms with Gasteiger partial charge in [0.2, 0.25) is 0 Å². The molecule has 0 bridgehead atoms. The van der Waals surface area contributed by atoms with Crippen molar-refractivity contribution in [2.45, 2.75) is 13.8 Å². The quantitative estimate of drug-likeness (QED) is 0.660. The first-order valence-electron chi connectivity index (χ1n) is 6.41. The molecule has 0 saturated heterocycles. The molecule has 2 aromatic carbocycles. The van der Waals surface area contributed by atoms with E-state index < -0.39 is 0 Å². The SMILES string of the molecule is CC(=O)c1ccc(NC(=S)Nc2ccc(F)cc2C)cc1. The zero-order valence-corrected chi connectivity index (χ0v) is 12.6. The third kappa shape index (κ3) is 4.10. The van der Waals surface area contributed by atoms with E-state index in [1.54, 1.807) is 37.3 Å². The summed E-state index contributed by atoms with van der Waals surface area (Å²) in [5.41, 5.74) is 2.94. The first-order valence-corrected chi connectivity index (χ1v) is 6.81. The van der Waals surface area contributed by atoms with Gasteiger partial charge in [-0.2, -0.15) is 0 Å². The molecule has 0 amide bonds. The summed E-state index contributed by atoms with van der Waals surface area (Å²) in [6.07, 6.45) is 0. The van der Waals surface area contributed by atoms with Gasteiger partial charge < -0.3 is 10.6 Å². The monoisotopic (exact) mass is 302 g/mol. The van der Waals surface area contributed by atoms with Crippen molar-refractivity contribution in [2.24, 2.45) is 0 Å². The van der Waals surface area contributed by atoms with E-state index >= 15 is 0 Å². The van der Waals surface area contributed by atoms with Crippen LogP contribution in [0.15, 0.2) is 42.5 Å². The van der Waals surface area contributed by atoms with Gasteiger partial charge in [-0.1, -0.05) is 0 Å². The Kier molecular flexibility index (Phi) is 4.65. The largest absolute Gasteiger partial charge is 0.332 e. The fourth-order valence-corrected chi connectivity index (χ4v) is 2.07. The summed E-state index contributed by atoms with van der Waals surface area (Å²) in [6.45, 7) is 3.32. The van der Waals surface area contributed by atoms with Crippen molar-refractivity contribution in [3.63, 3.8) is 0 Å². The number of thiocarbonyl (C=S) groups is 1. The highest BCUT2D eigenvalue weighted by molar-refractivity contribution is 7.80. The van der Waals surface area contributed by atoms with Crippen LogP contribution in [0.2, 0.25) is 0 Å². The number of halogens is 1. The van der Waals surface area contributed by atoms with Crippen LogP contribution in [-0.2, 0) is 0 Å². The minimum Gasteiger partial charge on any atom is -0.332 e. The van der Waals surface area contributed by atoms with Crippen molar-refractivity contribution in [3.05, 3.63) is 59.4 Å². The average molecular weight is 302 g/mol. The predicted octanol–water partition coefficient (Wildman–Crippen LogP) is 4.15. The van der Waals surface area contributed by atoms with E-state index in [-0.39, 0.29) is 11.6 Å². The Balaban J connectivity index is 2.02. The molecule has 0 heterocycles. The first kappa shape index (κ1) is 15.1. The van der Waals surface area contributed by atoms with E-state index in [0.29, 0.717) is 10.7 Å². The molecule has 2 rings (SSSR count). The second kappa shape index (κ2) is 6.45. The highest BCUT2D eigenvalue weighted by Gasteiger charge is 2.04. The molecule has 21 heavy (non-hydrogen) atoms. The maximum absolute atomic E-state index is 13.0. The number of anilines is 2. The lowest BCUT2D eigenvalue weighted by Gasteiger charge is -2.12. The van der Waals surface area contributed by atoms with E-state index in [1.807, 2.05) is 0 Å². The highest BCUT2D eigenvalue weighted by atomic mass is 32.1. The van der Waals surface area contributed by atoms with Gasteiger partial charge in [-0.25, -0.2) is 4.39 Å². The van der Waals surface area contributed by atoms with Crippen LogP contribution in [0, 0.1) is 12.7 Å². The zero-order chi connectivity index (χ0) is 15.4. The molecule has 0 aliphatic carbocycles. The van der Waals surface area contributed by atoms with Crippen molar-refractivity contribution in [1.82, 2.24) is 0 Å². The molecule has 0 atom stereocenters. The lowest BCUT2D eigenvalue weighted by Crippen LogP contribution is -2.19. The molecule has 0 aliphatic heterocycles. The highest BCUT2D eigenvalue weighted by Crippen LogP contribution is 2.16. The fraction of sp³-hybridized carbons (Fsp3) is 0.125. The number of hydrogen-bond donors (Lipinski definition) is 2. The molecule has 0 saturated carbocycles. The number of aryl methyl sites for hydroxylation is 1. The number of carbonyl (C=O) groups excluding carboxylic acids is 1. The van der Waals surface area contributed by atoms with E-state index in [1.165, 1.54) is 19.1 Å². The van der Waals surface area contributed by atoms with E-state index in [0.717, 1.165) is 16.9 Å². The molecule has 0 fully saturated rings. The standard InChI is InChI=1S/C16H15FN2OS/c1-10-9-13(17)5-8-15(10)19-16(21)18-14-6-3-12(4-7-14)11(2)20/h3-9H,1-2H3,(H2,18,19,21). The molecule has 0 unspecified atom stereocenters. The van der Waals surface area contributed by atoms with Gasteiger partial charge in [0.25, 0.3) is 0 Å². The van der Waals surface area contributed by atoms with Gasteiger partial charge in [0.1, 0.15) is 5.82 Å². The van der Waals surface area contributed by atoms with Crippen LogP contribution >= 0.6 is 12.2 Å². The molecule has 108 valence electrons. The molecule has 0 radical (unpaired) electrons. The molecule has 2 N–H and O–H groups in total. The first-order chi connectivity index (χ1) is 9.95. The molecule has 5 heteroatoms. The smallest absolute Gasteiger partial charge is 0.175 e. The number of hydrogen-bond acceptors (Lipinski definition) is 2. The number of ketones is 1. The lowest BCUT2D eigenvalue weighted by atomic mass is 10.1. The van der Waals surface area contributed by atoms with Crippen molar-refractivity contribution < 1.29 is 9.18 Å². The molecule has 0 spiro atoms. The third-order valence-electron chi connectivity index (χ3n) is 2.99. The number of carbonyl (C=O) groups is 1. The predicted molar refractivity (Wildman–Crippen MR) is 87.4 cm³/mol. The maximum atomic E-state index is 13.0. The summed E-state index contributed by atoms with van der Waals surface area (Å²) in [7, 11) is 0. The van der Waals surface area contributed by atoms with Crippen LogP contribution in [0.25, 0.3) is 0 Å². The van der Waals surface area contributed by atoms with Gasteiger partial charge in [0.15, 0.2) is 10.9 Å². The normalized spacial score (nSPS) is 10.0. The van der Waals surface area contributed by atoms with Crippen LogP contribution in [0.3, 0.4) is 0 Å². The molecule has 0 aliphatic rings. The number of benzene rings is 2. The third-order valence-corrected chi connectivity index (χ3v) is 3.19. The summed E-state index contributed by atoms with van der Waals surface area (Å²) in [5.74, 6) is -0.263. The summed E-state index contributed by atoms with van der Waals surface area (Å²) < 4.78 is 13.0. The van der Waals surface area contributed by atoms with Crippen LogP contribution in [0.4, 0.5) is 15.8 Å². The van der Waals surface area contributed by atoms with E-state index in [4.69, 9.17) is 12.2 Å². The van der Waals surface area contributed by atoms with E-state index in [2.05, 4.69) is 10.6 Å². The minimum absolute atomic E-state index is 0.0178. The van der Waals surface area contributed by atoms with Crippen molar-refractivity contribution in [1.29, 1.82) is 0 Å². The van der Waals surface area contributed by atoms with Crippen molar-refractivity contribution in [2.75, 3.05) is 10.6 Å². The van der Waals surface area contributed by atoms with Gasteiger partial charge >= 0.3 is 0 Å². The van der Waals surface area contributed by atoms with Crippen molar-refractivity contribution in [3.8, 4) is 0 Å². The molecule has 0 aromatic heterocycles. The summed E-state index contributed by atoms with van der Waals surface area (Å²) in [4.78, 5) is 11.2. The van der Waals surface area contributed by atoms with Gasteiger partial charge in [-0.15, -0.1) is 0 Å². The Labute approximate surface area is 128 Å². The Hall–Kier alpha value is -2.27. The fourth-order valence-electron chi connectivity index (χ4n) is 1.84. The Bertz CT molecular complexity index is 683. The van der Waals surface area contributed by atoms with Crippen LogP contribution in [0.5, 0.6) is 0 Å².